The first-order valence-electron chi connectivity index (χ1n) is 8.02. The van der Waals surface area contributed by atoms with Crippen molar-refractivity contribution in [2.75, 3.05) is 26.1 Å². The predicted molar refractivity (Wildman–Crippen MR) is 92.2 cm³/mol. The van der Waals surface area contributed by atoms with Gasteiger partial charge in [-0.2, -0.15) is 0 Å². The molecule has 1 aliphatic rings. The minimum Gasteiger partial charge on any atom is -0.385 e. The van der Waals surface area contributed by atoms with Gasteiger partial charge in [-0.3, -0.25) is 9.36 Å². The monoisotopic (exact) mass is 334 g/mol. The number of methoxy groups -OCH3 is 1. The molecule has 23 heavy (non-hydrogen) atoms. The molecule has 0 N–H and O–H groups in total. The molecular formula is C17H22N2O3S. The van der Waals surface area contributed by atoms with Gasteiger partial charge in [0.25, 0.3) is 5.56 Å². The molecule has 2 aromatic rings. The van der Waals surface area contributed by atoms with Crippen LogP contribution >= 0.6 is 11.8 Å². The van der Waals surface area contributed by atoms with Crippen LogP contribution in [0.4, 0.5) is 0 Å². The molecule has 1 atom stereocenters. The highest BCUT2D eigenvalue weighted by Gasteiger charge is 2.20. The predicted octanol–water partition coefficient (Wildman–Crippen LogP) is 2.70. The van der Waals surface area contributed by atoms with E-state index >= 15 is 0 Å². The Kier molecular flexibility index (Phi) is 5.70. The lowest BCUT2D eigenvalue weighted by Crippen LogP contribution is -2.28. The molecule has 5 nitrogen and oxygen atoms in total. The zero-order valence-electron chi connectivity index (χ0n) is 13.4. The van der Waals surface area contributed by atoms with Gasteiger partial charge >= 0.3 is 0 Å². The number of fused-ring (bicyclic) bond motifs is 1. The van der Waals surface area contributed by atoms with Gasteiger partial charge in [0.2, 0.25) is 0 Å². The molecule has 1 aromatic heterocycles. The number of nitrogens with zero attached hydrogens (tertiary/aromatic N) is 2. The molecule has 1 aromatic carbocycles. The third kappa shape index (κ3) is 3.94. The number of para-hydroxylation sites is 1. The van der Waals surface area contributed by atoms with Gasteiger partial charge in [0.05, 0.1) is 23.6 Å². The number of hydrogen-bond donors (Lipinski definition) is 0. The maximum absolute atomic E-state index is 12.9. The highest BCUT2D eigenvalue weighted by molar-refractivity contribution is 7.99. The average Bonchev–Trinajstić information content (AvgIpc) is 3.08. The van der Waals surface area contributed by atoms with Crippen LogP contribution in [0.3, 0.4) is 0 Å². The van der Waals surface area contributed by atoms with E-state index in [1.165, 1.54) is 0 Å². The minimum atomic E-state index is 0.0281. The van der Waals surface area contributed by atoms with E-state index in [2.05, 4.69) is 0 Å². The van der Waals surface area contributed by atoms with Crippen LogP contribution in [0.1, 0.15) is 19.3 Å². The van der Waals surface area contributed by atoms with Crippen LogP contribution in [0, 0.1) is 0 Å². The van der Waals surface area contributed by atoms with Crippen LogP contribution in [0.5, 0.6) is 0 Å². The van der Waals surface area contributed by atoms with Gasteiger partial charge in [-0.05, 0) is 31.4 Å². The Hall–Kier alpha value is -1.37. The van der Waals surface area contributed by atoms with E-state index in [4.69, 9.17) is 14.5 Å². The van der Waals surface area contributed by atoms with Gasteiger partial charge in [0, 0.05) is 26.1 Å². The summed E-state index contributed by atoms with van der Waals surface area (Å²) in [5, 5.41) is 1.45. The van der Waals surface area contributed by atoms with Crippen molar-refractivity contribution in [1.29, 1.82) is 0 Å². The molecule has 0 bridgehead atoms. The first-order chi connectivity index (χ1) is 11.3. The fraction of sp³-hybridized carbons (Fsp3) is 0.529. The zero-order chi connectivity index (χ0) is 16.1. The number of benzene rings is 1. The van der Waals surface area contributed by atoms with Crippen LogP contribution in [0.15, 0.2) is 34.2 Å². The molecule has 3 rings (SSSR count). The summed E-state index contributed by atoms with van der Waals surface area (Å²) in [6.07, 6.45) is 3.13. The molecule has 6 heteroatoms. The number of thioether (sulfide) groups is 1. The normalized spacial score (nSPS) is 17.9. The molecule has 1 fully saturated rings. The Balaban J connectivity index is 1.91. The maximum atomic E-state index is 12.9. The average molecular weight is 334 g/mol. The van der Waals surface area contributed by atoms with Gasteiger partial charge in [-0.25, -0.2) is 4.98 Å². The molecule has 2 heterocycles. The molecule has 0 radical (unpaired) electrons. The van der Waals surface area contributed by atoms with Crippen molar-refractivity contribution in [3.05, 3.63) is 34.6 Å². The molecule has 124 valence electrons. The van der Waals surface area contributed by atoms with Crippen molar-refractivity contribution in [2.24, 2.45) is 0 Å². The van der Waals surface area contributed by atoms with Gasteiger partial charge in [0.1, 0.15) is 0 Å². The van der Waals surface area contributed by atoms with Crippen molar-refractivity contribution in [1.82, 2.24) is 9.55 Å². The second-order valence-electron chi connectivity index (χ2n) is 5.66. The largest absolute Gasteiger partial charge is 0.385 e. The summed E-state index contributed by atoms with van der Waals surface area (Å²) in [6.45, 7) is 2.09. The molecule has 1 unspecified atom stereocenters. The van der Waals surface area contributed by atoms with Gasteiger partial charge < -0.3 is 9.47 Å². The smallest absolute Gasteiger partial charge is 0.262 e. The molecular weight excluding hydrogens is 312 g/mol. The first-order valence-corrected chi connectivity index (χ1v) is 9.01. The van der Waals surface area contributed by atoms with Crippen molar-refractivity contribution in [3.8, 4) is 0 Å². The van der Waals surface area contributed by atoms with Crippen LogP contribution in [0.2, 0.25) is 0 Å². The molecule has 0 saturated carbocycles. The van der Waals surface area contributed by atoms with Crippen molar-refractivity contribution < 1.29 is 9.47 Å². The maximum Gasteiger partial charge on any atom is 0.262 e. The molecule has 0 spiro atoms. The summed E-state index contributed by atoms with van der Waals surface area (Å²) >= 11 is 1.62. The van der Waals surface area contributed by atoms with Crippen LogP contribution in [0.25, 0.3) is 10.9 Å². The summed E-state index contributed by atoms with van der Waals surface area (Å²) in [5.74, 6) is 0.879. The standard InChI is InChI=1S/C17H22N2O3S/c1-21-9-5-11-23-17-18-15-8-3-2-7-14(15)16(20)19(17)12-13-6-4-10-22-13/h2-3,7-8,13H,4-6,9-12H2,1H3. The Labute approximate surface area is 140 Å². The fourth-order valence-electron chi connectivity index (χ4n) is 2.78. The lowest BCUT2D eigenvalue weighted by Gasteiger charge is -2.16. The number of aromatic nitrogens is 2. The first kappa shape index (κ1) is 16.5. The van der Waals surface area contributed by atoms with Crippen LogP contribution in [-0.2, 0) is 16.0 Å². The zero-order valence-corrected chi connectivity index (χ0v) is 14.2. The summed E-state index contributed by atoms with van der Waals surface area (Å²) in [4.78, 5) is 17.6. The molecule has 0 aliphatic carbocycles. The molecule has 0 amide bonds. The summed E-state index contributed by atoms with van der Waals surface area (Å²) in [7, 11) is 1.70. The topological polar surface area (TPSA) is 53.3 Å². The minimum absolute atomic E-state index is 0.0281. The Bertz CT molecular complexity index is 711. The van der Waals surface area contributed by atoms with E-state index in [-0.39, 0.29) is 11.7 Å². The lowest BCUT2D eigenvalue weighted by molar-refractivity contribution is 0.0937. The highest BCUT2D eigenvalue weighted by Crippen LogP contribution is 2.21. The second kappa shape index (κ2) is 7.95. The van der Waals surface area contributed by atoms with Gasteiger partial charge in [-0.1, -0.05) is 23.9 Å². The van der Waals surface area contributed by atoms with Crippen molar-refractivity contribution >= 4 is 22.7 Å². The lowest BCUT2D eigenvalue weighted by atomic mass is 10.2. The highest BCUT2D eigenvalue weighted by atomic mass is 32.2. The van der Waals surface area contributed by atoms with Crippen molar-refractivity contribution in [3.63, 3.8) is 0 Å². The quantitative estimate of drug-likeness (QED) is 0.443. The van der Waals surface area contributed by atoms with Gasteiger partial charge in [0.15, 0.2) is 5.16 Å². The van der Waals surface area contributed by atoms with E-state index in [0.717, 1.165) is 48.9 Å². The summed E-state index contributed by atoms with van der Waals surface area (Å²) in [5.41, 5.74) is 0.788. The Morgan fingerprint density at radius 3 is 3.09 bits per heavy atom. The van der Waals surface area contributed by atoms with E-state index in [9.17, 15) is 4.79 Å². The Morgan fingerprint density at radius 2 is 2.30 bits per heavy atom. The van der Waals surface area contributed by atoms with E-state index in [1.807, 2.05) is 24.3 Å². The van der Waals surface area contributed by atoms with E-state index < -0.39 is 0 Å². The summed E-state index contributed by atoms with van der Waals surface area (Å²) < 4.78 is 12.6. The van der Waals surface area contributed by atoms with E-state index in [1.54, 1.807) is 23.4 Å². The second-order valence-corrected chi connectivity index (χ2v) is 6.72. The SMILES string of the molecule is COCCCSc1nc2ccccc2c(=O)n1CC1CCCO1. The number of ether oxygens (including phenoxy) is 2. The van der Waals surface area contributed by atoms with Crippen LogP contribution in [-0.4, -0.2) is 41.7 Å². The van der Waals surface area contributed by atoms with Crippen LogP contribution < -0.4 is 5.56 Å². The summed E-state index contributed by atoms with van der Waals surface area (Å²) in [6, 6.07) is 7.54. The van der Waals surface area contributed by atoms with E-state index in [0.29, 0.717) is 11.9 Å². The Morgan fingerprint density at radius 1 is 1.43 bits per heavy atom. The molecule has 1 saturated heterocycles. The van der Waals surface area contributed by atoms with Gasteiger partial charge in [-0.15, -0.1) is 0 Å². The number of rotatable bonds is 7. The van der Waals surface area contributed by atoms with Crippen molar-refractivity contribution in [2.45, 2.75) is 37.1 Å². The fourth-order valence-corrected chi connectivity index (χ4v) is 3.70. The number of hydrogen-bond acceptors (Lipinski definition) is 5. The molecule has 1 aliphatic heterocycles. The third-order valence-corrected chi connectivity index (χ3v) is 5.02. The third-order valence-electron chi connectivity index (χ3n) is 3.96.